The maximum Gasteiger partial charge on any atom is 0.186 e. The Morgan fingerprint density at radius 3 is 2.58 bits per heavy atom. The van der Waals surface area contributed by atoms with Crippen molar-refractivity contribution in [1.29, 1.82) is 0 Å². The molecule has 1 aromatic carbocycles. The summed E-state index contributed by atoms with van der Waals surface area (Å²) in [6, 6.07) is 9.08. The van der Waals surface area contributed by atoms with Gasteiger partial charge >= 0.3 is 0 Å². The van der Waals surface area contributed by atoms with Crippen LogP contribution in [0.25, 0.3) is 0 Å². The predicted octanol–water partition coefficient (Wildman–Crippen LogP) is 2.20. The summed E-state index contributed by atoms with van der Waals surface area (Å²) in [7, 11) is 5.13. The molecule has 0 aliphatic rings. The Morgan fingerprint density at radius 1 is 1.33 bits per heavy atom. The van der Waals surface area contributed by atoms with Crippen molar-refractivity contribution in [3.63, 3.8) is 0 Å². The zero-order chi connectivity index (χ0) is 8.81. The second-order valence-corrected chi connectivity index (χ2v) is 2.71. The Bertz CT molecular complexity index is 282. The zero-order valence-electron chi connectivity index (χ0n) is 6.44. The lowest BCUT2D eigenvalue weighted by Crippen LogP contribution is -1.91. The summed E-state index contributed by atoms with van der Waals surface area (Å²) in [6.45, 7) is 0. The number of carbonyl (C=O) groups excluding carboxylic acids is 1. The largest absolute Gasteiger partial charge is 0.289 e. The topological polar surface area (TPSA) is 17.1 Å². The summed E-state index contributed by atoms with van der Waals surface area (Å²) < 4.78 is 0. The van der Waals surface area contributed by atoms with E-state index in [1.165, 1.54) is 6.08 Å². The minimum absolute atomic E-state index is 0.0199. The molecule has 0 amide bonds. The van der Waals surface area contributed by atoms with Gasteiger partial charge in [-0.1, -0.05) is 30.3 Å². The SMILES string of the molecule is [B]S/C=C/C(=O)c1ccccc1. The molecule has 0 spiro atoms. The van der Waals surface area contributed by atoms with Gasteiger partial charge in [0.2, 0.25) is 0 Å². The van der Waals surface area contributed by atoms with Gasteiger partial charge in [0, 0.05) is 5.56 Å². The molecule has 0 bridgehead atoms. The van der Waals surface area contributed by atoms with E-state index < -0.39 is 0 Å². The van der Waals surface area contributed by atoms with Crippen molar-refractivity contribution in [3.05, 3.63) is 47.4 Å². The molecule has 3 heteroatoms. The summed E-state index contributed by atoms with van der Waals surface area (Å²) in [4.78, 5) is 11.2. The van der Waals surface area contributed by atoms with E-state index in [1.54, 1.807) is 17.5 Å². The molecule has 0 unspecified atom stereocenters. The molecule has 0 aliphatic heterocycles. The lowest BCUT2D eigenvalue weighted by Gasteiger charge is -1.92. The quantitative estimate of drug-likeness (QED) is 0.397. The molecule has 1 aromatic rings. The van der Waals surface area contributed by atoms with Crippen molar-refractivity contribution in [2.75, 3.05) is 0 Å². The van der Waals surface area contributed by atoms with Crippen molar-refractivity contribution in [2.45, 2.75) is 0 Å². The van der Waals surface area contributed by atoms with Gasteiger partial charge in [0.1, 0.15) is 0 Å². The highest BCUT2D eigenvalue weighted by molar-refractivity contribution is 8.22. The third-order valence-corrected chi connectivity index (χ3v) is 1.65. The predicted molar refractivity (Wildman–Crippen MR) is 53.3 cm³/mol. The van der Waals surface area contributed by atoms with Crippen LogP contribution in [-0.2, 0) is 0 Å². The van der Waals surface area contributed by atoms with Gasteiger partial charge < -0.3 is 0 Å². The van der Waals surface area contributed by atoms with Crippen molar-refractivity contribution >= 4 is 24.5 Å². The highest BCUT2D eigenvalue weighted by Gasteiger charge is 1.97. The van der Waals surface area contributed by atoms with Gasteiger partial charge in [0.15, 0.2) is 12.9 Å². The van der Waals surface area contributed by atoms with Crippen molar-refractivity contribution in [2.24, 2.45) is 0 Å². The summed E-state index contributed by atoms with van der Waals surface area (Å²) >= 11 is 1.02. The first-order valence-corrected chi connectivity index (χ1v) is 4.40. The maximum absolute atomic E-state index is 11.2. The fraction of sp³-hybridized carbons (Fsp3) is 0. The third-order valence-electron chi connectivity index (χ3n) is 1.36. The summed E-state index contributed by atoms with van der Waals surface area (Å²) in [5, 5.41) is 1.56. The number of allylic oxidation sites excluding steroid dienone is 1. The maximum atomic E-state index is 11.2. The van der Waals surface area contributed by atoms with E-state index in [4.69, 9.17) is 7.12 Å². The summed E-state index contributed by atoms with van der Waals surface area (Å²) in [6.07, 6.45) is 1.46. The normalized spacial score (nSPS) is 10.3. The molecule has 2 radical (unpaired) electrons. The molecule has 0 fully saturated rings. The lowest BCUT2D eigenvalue weighted by atomic mass is 10.1. The third kappa shape index (κ3) is 2.59. The van der Waals surface area contributed by atoms with E-state index in [0.717, 1.165) is 11.6 Å². The van der Waals surface area contributed by atoms with Crippen LogP contribution in [0.15, 0.2) is 41.8 Å². The van der Waals surface area contributed by atoms with Crippen LogP contribution in [-0.4, -0.2) is 12.9 Å². The van der Waals surface area contributed by atoms with Crippen LogP contribution in [0, 0.1) is 0 Å². The molecular formula is C9H7BOS. The molecule has 12 heavy (non-hydrogen) atoms. The number of ketones is 1. The van der Waals surface area contributed by atoms with Crippen molar-refractivity contribution in [3.8, 4) is 0 Å². The van der Waals surface area contributed by atoms with Gasteiger partial charge in [0.25, 0.3) is 0 Å². The summed E-state index contributed by atoms with van der Waals surface area (Å²) in [5.41, 5.74) is 0.683. The highest BCUT2D eigenvalue weighted by Crippen LogP contribution is 2.02. The average molecular weight is 174 g/mol. The van der Waals surface area contributed by atoms with Crippen molar-refractivity contribution < 1.29 is 4.79 Å². The van der Waals surface area contributed by atoms with Crippen LogP contribution in [0.5, 0.6) is 0 Å². The van der Waals surface area contributed by atoms with Crippen LogP contribution in [0.2, 0.25) is 0 Å². The molecule has 0 atom stereocenters. The van der Waals surface area contributed by atoms with Crippen molar-refractivity contribution in [1.82, 2.24) is 0 Å². The van der Waals surface area contributed by atoms with E-state index in [0.29, 0.717) is 5.56 Å². The Balaban J connectivity index is 2.72. The molecule has 0 aliphatic carbocycles. The minimum Gasteiger partial charge on any atom is -0.289 e. The first kappa shape index (κ1) is 9.14. The van der Waals surface area contributed by atoms with Crippen LogP contribution >= 0.6 is 11.6 Å². The number of carbonyl (C=O) groups is 1. The molecule has 0 saturated heterocycles. The van der Waals surface area contributed by atoms with E-state index in [-0.39, 0.29) is 5.78 Å². The van der Waals surface area contributed by atoms with Crippen LogP contribution in [0.1, 0.15) is 10.4 Å². The smallest absolute Gasteiger partial charge is 0.186 e. The standard InChI is InChI=1S/C9H7BOS/c10-12-7-6-9(11)8-4-2-1-3-5-8/h1-7H/b7-6+. The van der Waals surface area contributed by atoms with Gasteiger partial charge in [-0.05, 0) is 11.5 Å². The highest BCUT2D eigenvalue weighted by atomic mass is 32.2. The van der Waals surface area contributed by atoms with Gasteiger partial charge in [-0.2, -0.15) is 0 Å². The second kappa shape index (κ2) is 4.83. The number of rotatable bonds is 3. The number of benzene rings is 1. The second-order valence-electron chi connectivity index (χ2n) is 2.17. The Kier molecular flexibility index (Phi) is 3.68. The van der Waals surface area contributed by atoms with E-state index >= 15 is 0 Å². The monoisotopic (exact) mass is 174 g/mol. The molecule has 0 N–H and O–H groups in total. The van der Waals surface area contributed by atoms with Crippen LogP contribution in [0.3, 0.4) is 0 Å². The molecule has 1 rings (SSSR count). The Labute approximate surface area is 77.2 Å². The molecular weight excluding hydrogens is 167 g/mol. The Morgan fingerprint density at radius 2 is 2.00 bits per heavy atom. The van der Waals surface area contributed by atoms with Gasteiger partial charge in [-0.25, -0.2) is 11.6 Å². The van der Waals surface area contributed by atoms with Crippen LogP contribution < -0.4 is 0 Å². The number of hydrogen-bond donors (Lipinski definition) is 0. The minimum atomic E-state index is -0.0199. The first-order valence-electron chi connectivity index (χ1n) is 3.46. The van der Waals surface area contributed by atoms with E-state index in [9.17, 15) is 4.79 Å². The summed E-state index contributed by atoms with van der Waals surface area (Å²) in [5.74, 6) is -0.0199. The molecule has 0 heterocycles. The van der Waals surface area contributed by atoms with Gasteiger partial charge in [0.05, 0.1) is 0 Å². The first-order chi connectivity index (χ1) is 5.84. The molecule has 58 valence electrons. The van der Waals surface area contributed by atoms with Gasteiger partial charge in [-0.3, -0.25) is 4.79 Å². The molecule has 0 aromatic heterocycles. The van der Waals surface area contributed by atoms with Crippen LogP contribution in [0.4, 0.5) is 0 Å². The number of hydrogen-bond acceptors (Lipinski definition) is 2. The van der Waals surface area contributed by atoms with Gasteiger partial charge in [-0.15, -0.1) is 0 Å². The van der Waals surface area contributed by atoms with E-state index in [2.05, 4.69) is 0 Å². The fourth-order valence-electron chi connectivity index (χ4n) is 0.800. The molecule has 0 saturated carbocycles. The Hall–Kier alpha value is -0.955. The van der Waals surface area contributed by atoms with E-state index in [1.807, 2.05) is 18.2 Å². The zero-order valence-corrected chi connectivity index (χ0v) is 7.25. The lowest BCUT2D eigenvalue weighted by molar-refractivity contribution is 0.104. The molecule has 1 nitrogen and oxygen atoms in total. The fourth-order valence-corrected chi connectivity index (χ4v) is 1.00. The average Bonchev–Trinajstić information content (AvgIpc) is 2.15.